The topological polar surface area (TPSA) is 63.6 Å². The van der Waals surface area contributed by atoms with E-state index in [4.69, 9.17) is 19.4 Å². The molecule has 0 bridgehead atoms. The minimum atomic E-state index is 0.713. The number of methoxy groups -OCH3 is 2. The Morgan fingerprint density at radius 2 is 1.67 bits per heavy atom. The number of hydrogen-bond acceptors (Lipinski definition) is 7. The largest absolute Gasteiger partial charge is 0.493 e. The molecule has 0 amide bonds. The SMILES string of the molecule is COc1ccc(CN2CCN(c3nc(-c4cccnc4)nc4ccccc34)CC2)cc1OC. The van der Waals surface area contributed by atoms with E-state index < -0.39 is 0 Å². The number of para-hydroxylation sites is 1. The summed E-state index contributed by atoms with van der Waals surface area (Å²) in [7, 11) is 3.33. The molecule has 1 fully saturated rings. The second-order valence-corrected chi connectivity index (χ2v) is 8.08. The third-order valence-corrected chi connectivity index (χ3v) is 6.03. The number of anilines is 1. The van der Waals surface area contributed by atoms with Gasteiger partial charge in [-0.1, -0.05) is 18.2 Å². The van der Waals surface area contributed by atoms with Crippen molar-refractivity contribution in [1.29, 1.82) is 0 Å². The van der Waals surface area contributed by atoms with E-state index in [2.05, 4.69) is 33.0 Å². The minimum absolute atomic E-state index is 0.713. The number of ether oxygens (including phenoxy) is 2. The zero-order chi connectivity index (χ0) is 22.6. The molecule has 1 saturated heterocycles. The van der Waals surface area contributed by atoms with Crippen LogP contribution in [0.15, 0.2) is 67.0 Å². The summed E-state index contributed by atoms with van der Waals surface area (Å²) in [6.07, 6.45) is 3.58. The quantitative estimate of drug-likeness (QED) is 0.448. The van der Waals surface area contributed by atoms with E-state index >= 15 is 0 Å². The zero-order valence-electron chi connectivity index (χ0n) is 18.9. The Kier molecular flexibility index (Phi) is 6.04. The van der Waals surface area contributed by atoms with Gasteiger partial charge in [-0.25, -0.2) is 9.97 Å². The smallest absolute Gasteiger partial charge is 0.163 e. The van der Waals surface area contributed by atoms with Gasteiger partial charge in [0, 0.05) is 56.1 Å². The Labute approximate surface area is 193 Å². The van der Waals surface area contributed by atoms with E-state index in [0.29, 0.717) is 5.82 Å². The van der Waals surface area contributed by atoms with E-state index in [9.17, 15) is 0 Å². The van der Waals surface area contributed by atoms with Crippen LogP contribution in [-0.2, 0) is 6.54 Å². The van der Waals surface area contributed by atoms with Crippen molar-refractivity contribution in [2.24, 2.45) is 0 Å². The van der Waals surface area contributed by atoms with Crippen molar-refractivity contribution in [1.82, 2.24) is 19.9 Å². The second-order valence-electron chi connectivity index (χ2n) is 8.08. The fourth-order valence-electron chi connectivity index (χ4n) is 4.28. The Balaban J connectivity index is 1.35. The van der Waals surface area contributed by atoms with E-state index in [-0.39, 0.29) is 0 Å². The van der Waals surface area contributed by atoms with Crippen LogP contribution >= 0.6 is 0 Å². The van der Waals surface area contributed by atoms with Gasteiger partial charge in [0.2, 0.25) is 0 Å². The van der Waals surface area contributed by atoms with Crippen molar-refractivity contribution in [3.05, 3.63) is 72.6 Å². The number of pyridine rings is 1. The van der Waals surface area contributed by atoms with Crippen molar-refractivity contribution in [2.45, 2.75) is 6.54 Å². The van der Waals surface area contributed by atoms with Crippen LogP contribution in [0.3, 0.4) is 0 Å². The average Bonchev–Trinajstić information content (AvgIpc) is 2.89. The number of benzene rings is 2. The summed E-state index contributed by atoms with van der Waals surface area (Å²) < 4.78 is 10.8. The lowest BCUT2D eigenvalue weighted by Crippen LogP contribution is -2.46. The van der Waals surface area contributed by atoms with Crippen LogP contribution in [0.4, 0.5) is 5.82 Å². The van der Waals surface area contributed by atoms with E-state index in [0.717, 1.165) is 66.5 Å². The molecule has 7 heteroatoms. The highest BCUT2D eigenvalue weighted by Gasteiger charge is 2.21. The van der Waals surface area contributed by atoms with Gasteiger partial charge in [-0.2, -0.15) is 0 Å². The van der Waals surface area contributed by atoms with Gasteiger partial charge in [-0.05, 0) is 42.0 Å². The van der Waals surface area contributed by atoms with Gasteiger partial charge in [0.05, 0.1) is 19.7 Å². The highest BCUT2D eigenvalue weighted by atomic mass is 16.5. The summed E-state index contributed by atoms with van der Waals surface area (Å²) in [5, 5.41) is 1.08. The van der Waals surface area contributed by atoms with Gasteiger partial charge in [0.1, 0.15) is 5.82 Å². The molecular formula is C26H27N5O2. The van der Waals surface area contributed by atoms with Gasteiger partial charge < -0.3 is 14.4 Å². The molecule has 3 heterocycles. The molecule has 5 rings (SSSR count). The summed E-state index contributed by atoms with van der Waals surface area (Å²) in [4.78, 5) is 18.8. The zero-order valence-corrected chi connectivity index (χ0v) is 18.9. The van der Waals surface area contributed by atoms with Crippen LogP contribution in [0, 0.1) is 0 Å². The Morgan fingerprint density at radius 1 is 0.848 bits per heavy atom. The number of fused-ring (bicyclic) bond motifs is 1. The molecule has 2 aromatic heterocycles. The molecule has 0 spiro atoms. The molecule has 0 radical (unpaired) electrons. The van der Waals surface area contributed by atoms with E-state index in [1.165, 1.54) is 5.56 Å². The molecule has 4 aromatic rings. The first-order valence-corrected chi connectivity index (χ1v) is 11.1. The minimum Gasteiger partial charge on any atom is -0.493 e. The molecule has 0 saturated carbocycles. The van der Waals surface area contributed by atoms with Gasteiger partial charge in [-0.3, -0.25) is 9.88 Å². The lowest BCUT2D eigenvalue weighted by atomic mass is 10.1. The first kappa shape index (κ1) is 21.2. The molecule has 0 unspecified atom stereocenters. The van der Waals surface area contributed by atoms with Gasteiger partial charge in [0.15, 0.2) is 17.3 Å². The lowest BCUT2D eigenvalue weighted by molar-refractivity contribution is 0.249. The summed E-state index contributed by atoms with van der Waals surface area (Å²) >= 11 is 0. The number of hydrogen-bond donors (Lipinski definition) is 0. The molecule has 1 aliphatic rings. The molecule has 1 aliphatic heterocycles. The maximum absolute atomic E-state index is 5.46. The second kappa shape index (κ2) is 9.42. The molecular weight excluding hydrogens is 414 g/mol. The van der Waals surface area contributed by atoms with Gasteiger partial charge in [0.25, 0.3) is 0 Å². The van der Waals surface area contributed by atoms with Crippen LogP contribution in [0.2, 0.25) is 0 Å². The Hall–Kier alpha value is -3.71. The molecule has 0 N–H and O–H groups in total. The van der Waals surface area contributed by atoms with Crippen molar-refractivity contribution >= 4 is 16.7 Å². The molecule has 168 valence electrons. The van der Waals surface area contributed by atoms with Crippen LogP contribution in [-0.4, -0.2) is 60.3 Å². The monoisotopic (exact) mass is 441 g/mol. The normalized spacial score (nSPS) is 14.4. The number of nitrogens with zero attached hydrogens (tertiary/aromatic N) is 5. The van der Waals surface area contributed by atoms with Crippen molar-refractivity contribution in [3.8, 4) is 22.9 Å². The van der Waals surface area contributed by atoms with Gasteiger partial charge >= 0.3 is 0 Å². The van der Waals surface area contributed by atoms with E-state index in [1.807, 2.05) is 42.6 Å². The van der Waals surface area contributed by atoms with Crippen LogP contribution in [0.25, 0.3) is 22.3 Å². The van der Waals surface area contributed by atoms with Gasteiger partial charge in [-0.15, -0.1) is 0 Å². The summed E-state index contributed by atoms with van der Waals surface area (Å²) in [5.41, 5.74) is 3.10. The Bertz CT molecular complexity index is 1240. The molecule has 2 aromatic carbocycles. The third kappa shape index (κ3) is 4.45. The number of rotatable bonds is 6. The fraction of sp³-hybridized carbons (Fsp3) is 0.269. The highest BCUT2D eigenvalue weighted by molar-refractivity contribution is 5.91. The fourth-order valence-corrected chi connectivity index (χ4v) is 4.28. The molecule has 0 atom stereocenters. The summed E-state index contributed by atoms with van der Waals surface area (Å²) in [6.45, 7) is 4.59. The number of aromatic nitrogens is 3. The standard InChI is InChI=1S/C26H27N5O2/c1-32-23-10-9-19(16-24(23)33-2)18-30-12-14-31(15-13-30)26-21-7-3-4-8-22(21)28-25(29-26)20-6-5-11-27-17-20/h3-11,16-17H,12-15,18H2,1-2H3. The maximum atomic E-state index is 5.46. The Morgan fingerprint density at radius 3 is 2.42 bits per heavy atom. The first-order chi connectivity index (χ1) is 16.2. The van der Waals surface area contributed by atoms with Crippen LogP contribution < -0.4 is 14.4 Å². The predicted octanol–water partition coefficient (Wildman–Crippen LogP) is 4.03. The van der Waals surface area contributed by atoms with Crippen LogP contribution in [0.1, 0.15) is 5.56 Å². The predicted molar refractivity (Wildman–Crippen MR) is 130 cm³/mol. The highest BCUT2D eigenvalue weighted by Crippen LogP contribution is 2.30. The average molecular weight is 442 g/mol. The summed E-state index contributed by atoms with van der Waals surface area (Å²) in [5.74, 6) is 3.23. The molecule has 7 nitrogen and oxygen atoms in total. The third-order valence-electron chi connectivity index (χ3n) is 6.03. The molecule has 0 aliphatic carbocycles. The van der Waals surface area contributed by atoms with E-state index in [1.54, 1.807) is 20.4 Å². The summed E-state index contributed by atoms with van der Waals surface area (Å²) in [6, 6.07) is 18.3. The molecule has 33 heavy (non-hydrogen) atoms. The van der Waals surface area contributed by atoms with Crippen LogP contribution in [0.5, 0.6) is 11.5 Å². The van der Waals surface area contributed by atoms with Crippen molar-refractivity contribution < 1.29 is 9.47 Å². The first-order valence-electron chi connectivity index (χ1n) is 11.1. The van der Waals surface area contributed by atoms with Crippen molar-refractivity contribution in [2.75, 3.05) is 45.3 Å². The number of piperazine rings is 1. The maximum Gasteiger partial charge on any atom is 0.163 e. The lowest BCUT2D eigenvalue weighted by Gasteiger charge is -2.36. The van der Waals surface area contributed by atoms with Crippen molar-refractivity contribution in [3.63, 3.8) is 0 Å².